The third-order valence-corrected chi connectivity index (χ3v) is 4.04. The minimum Gasteiger partial charge on any atom is -0.330 e. The zero-order valence-corrected chi connectivity index (χ0v) is 10.7. The molecular formula is C13H29N. The van der Waals surface area contributed by atoms with Crippen LogP contribution in [0.1, 0.15) is 53.9 Å². The number of hydrogen-bond acceptors (Lipinski definition) is 1. The van der Waals surface area contributed by atoms with E-state index >= 15 is 0 Å². The third-order valence-electron chi connectivity index (χ3n) is 4.04. The van der Waals surface area contributed by atoms with E-state index in [0.717, 1.165) is 30.2 Å². The van der Waals surface area contributed by atoms with E-state index in [1.807, 2.05) is 0 Å². The molecule has 0 fully saturated rings. The van der Waals surface area contributed by atoms with Gasteiger partial charge in [-0.1, -0.05) is 47.5 Å². The molecule has 0 aliphatic rings. The van der Waals surface area contributed by atoms with Crippen molar-refractivity contribution in [3.8, 4) is 0 Å². The van der Waals surface area contributed by atoms with Crippen LogP contribution in [-0.2, 0) is 0 Å². The monoisotopic (exact) mass is 199 g/mol. The zero-order chi connectivity index (χ0) is 11.1. The molecule has 0 radical (unpaired) electrons. The largest absolute Gasteiger partial charge is 0.330 e. The lowest BCUT2D eigenvalue weighted by Crippen LogP contribution is -2.25. The fourth-order valence-corrected chi connectivity index (χ4v) is 2.56. The van der Waals surface area contributed by atoms with Crippen molar-refractivity contribution in [3.05, 3.63) is 0 Å². The van der Waals surface area contributed by atoms with Gasteiger partial charge in [0.2, 0.25) is 0 Å². The molecule has 4 atom stereocenters. The van der Waals surface area contributed by atoms with Crippen LogP contribution in [0.5, 0.6) is 0 Å². The van der Waals surface area contributed by atoms with Crippen molar-refractivity contribution < 1.29 is 0 Å². The lowest BCUT2D eigenvalue weighted by Gasteiger charge is -2.32. The molecule has 1 heteroatoms. The second kappa shape index (κ2) is 7.28. The highest BCUT2D eigenvalue weighted by Crippen LogP contribution is 2.32. The Morgan fingerprint density at radius 1 is 0.929 bits per heavy atom. The smallest absolute Gasteiger partial charge is 0.00746 e. The van der Waals surface area contributed by atoms with Gasteiger partial charge in [0, 0.05) is 0 Å². The Morgan fingerprint density at radius 3 is 1.86 bits per heavy atom. The molecule has 0 spiro atoms. The van der Waals surface area contributed by atoms with Gasteiger partial charge >= 0.3 is 0 Å². The Balaban J connectivity index is 4.23. The molecule has 0 heterocycles. The van der Waals surface area contributed by atoms with Crippen LogP contribution in [0.15, 0.2) is 0 Å². The summed E-state index contributed by atoms with van der Waals surface area (Å²) in [7, 11) is 0. The first-order valence-electron chi connectivity index (χ1n) is 6.28. The zero-order valence-electron chi connectivity index (χ0n) is 10.7. The van der Waals surface area contributed by atoms with Crippen LogP contribution in [0, 0.1) is 23.7 Å². The molecule has 0 rings (SSSR count). The average Bonchev–Trinajstić information content (AvgIpc) is 2.18. The highest BCUT2D eigenvalue weighted by Gasteiger charge is 2.24. The third kappa shape index (κ3) is 4.00. The molecule has 0 aromatic heterocycles. The maximum absolute atomic E-state index is 5.63. The molecule has 2 N–H and O–H groups in total. The molecule has 4 unspecified atom stereocenters. The Morgan fingerprint density at radius 2 is 1.50 bits per heavy atom. The van der Waals surface area contributed by atoms with Gasteiger partial charge in [-0.15, -0.1) is 0 Å². The van der Waals surface area contributed by atoms with Gasteiger partial charge in [-0.3, -0.25) is 0 Å². The number of nitrogens with two attached hydrogens (primary N) is 1. The number of rotatable bonds is 7. The molecule has 86 valence electrons. The van der Waals surface area contributed by atoms with E-state index in [0.29, 0.717) is 0 Å². The summed E-state index contributed by atoms with van der Waals surface area (Å²) in [6.45, 7) is 12.6. The second-order valence-electron chi connectivity index (χ2n) is 4.87. The van der Waals surface area contributed by atoms with Crippen molar-refractivity contribution in [2.75, 3.05) is 6.54 Å². The maximum Gasteiger partial charge on any atom is -0.00746 e. The lowest BCUT2D eigenvalue weighted by molar-refractivity contribution is 0.179. The van der Waals surface area contributed by atoms with E-state index in [1.165, 1.54) is 19.3 Å². The molecule has 0 aliphatic heterocycles. The fourth-order valence-electron chi connectivity index (χ4n) is 2.56. The van der Waals surface area contributed by atoms with Crippen molar-refractivity contribution in [2.45, 2.75) is 53.9 Å². The van der Waals surface area contributed by atoms with Gasteiger partial charge in [0.1, 0.15) is 0 Å². The van der Waals surface area contributed by atoms with Gasteiger partial charge in [0.05, 0.1) is 0 Å². The topological polar surface area (TPSA) is 26.0 Å². The minimum absolute atomic E-state index is 0.786. The van der Waals surface area contributed by atoms with E-state index in [1.54, 1.807) is 0 Å². The van der Waals surface area contributed by atoms with E-state index in [2.05, 4.69) is 34.6 Å². The number of hydrogen-bond donors (Lipinski definition) is 1. The average molecular weight is 199 g/mol. The van der Waals surface area contributed by atoms with Crippen LogP contribution in [0.2, 0.25) is 0 Å². The molecule has 0 bridgehead atoms. The quantitative estimate of drug-likeness (QED) is 0.665. The van der Waals surface area contributed by atoms with Crippen LogP contribution in [0.25, 0.3) is 0 Å². The van der Waals surface area contributed by atoms with Crippen LogP contribution in [0.3, 0.4) is 0 Å². The molecular weight excluding hydrogens is 170 g/mol. The fraction of sp³-hybridized carbons (Fsp3) is 1.00. The molecule has 1 nitrogen and oxygen atoms in total. The van der Waals surface area contributed by atoms with Gasteiger partial charge in [-0.05, 0) is 36.6 Å². The normalized spacial score (nSPS) is 20.1. The molecule has 0 aromatic carbocycles. The molecule has 0 saturated heterocycles. The summed E-state index contributed by atoms with van der Waals surface area (Å²) in [6, 6.07) is 0. The molecule has 0 aliphatic carbocycles. The maximum atomic E-state index is 5.63. The summed E-state index contributed by atoms with van der Waals surface area (Å²) >= 11 is 0. The summed E-state index contributed by atoms with van der Waals surface area (Å²) in [5, 5.41) is 0. The first-order chi connectivity index (χ1) is 6.58. The van der Waals surface area contributed by atoms with Crippen molar-refractivity contribution in [3.63, 3.8) is 0 Å². The van der Waals surface area contributed by atoms with Crippen LogP contribution in [0.4, 0.5) is 0 Å². The highest BCUT2D eigenvalue weighted by atomic mass is 14.5. The lowest BCUT2D eigenvalue weighted by atomic mass is 9.74. The Bertz CT molecular complexity index is 133. The standard InChI is InChI=1S/C13H29N/c1-6-10(3)12(5)13(7-2)11(4)8-9-14/h10-13H,6-9,14H2,1-5H3. The molecule has 0 aromatic rings. The summed E-state index contributed by atoms with van der Waals surface area (Å²) < 4.78 is 0. The second-order valence-corrected chi connectivity index (χ2v) is 4.87. The van der Waals surface area contributed by atoms with Crippen molar-refractivity contribution >= 4 is 0 Å². The van der Waals surface area contributed by atoms with Gasteiger partial charge < -0.3 is 5.73 Å². The molecule has 0 saturated carbocycles. The van der Waals surface area contributed by atoms with Crippen molar-refractivity contribution in [1.82, 2.24) is 0 Å². The van der Waals surface area contributed by atoms with E-state index in [9.17, 15) is 0 Å². The van der Waals surface area contributed by atoms with E-state index in [4.69, 9.17) is 5.73 Å². The highest BCUT2D eigenvalue weighted by molar-refractivity contribution is 4.74. The summed E-state index contributed by atoms with van der Waals surface area (Å²) in [4.78, 5) is 0. The molecule has 0 amide bonds. The predicted octanol–water partition coefficient (Wildman–Crippen LogP) is 3.68. The van der Waals surface area contributed by atoms with Gasteiger partial charge in [-0.2, -0.15) is 0 Å². The van der Waals surface area contributed by atoms with Crippen LogP contribution < -0.4 is 5.73 Å². The SMILES string of the molecule is CCC(C)C(C)C(CC)C(C)CCN. The van der Waals surface area contributed by atoms with Gasteiger partial charge in [0.25, 0.3) is 0 Å². The van der Waals surface area contributed by atoms with Gasteiger partial charge in [0.15, 0.2) is 0 Å². The van der Waals surface area contributed by atoms with Gasteiger partial charge in [-0.25, -0.2) is 0 Å². The summed E-state index contributed by atoms with van der Waals surface area (Å²) in [5.74, 6) is 3.33. The first kappa shape index (κ1) is 14.0. The Labute approximate surface area is 90.5 Å². The summed E-state index contributed by atoms with van der Waals surface area (Å²) in [6.07, 6.45) is 3.78. The van der Waals surface area contributed by atoms with E-state index in [-0.39, 0.29) is 0 Å². The first-order valence-corrected chi connectivity index (χ1v) is 6.28. The molecule has 14 heavy (non-hydrogen) atoms. The van der Waals surface area contributed by atoms with Crippen molar-refractivity contribution in [2.24, 2.45) is 29.4 Å². The minimum atomic E-state index is 0.786. The van der Waals surface area contributed by atoms with E-state index < -0.39 is 0 Å². The Hall–Kier alpha value is -0.0400. The predicted molar refractivity (Wildman–Crippen MR) is 65.2 cm³/mol. The van der Waals surface area contributed by atoms with Crippen LogP contribution in [-0.4, -0.2) is 6.54 Å². The Kier molecular flexibility index (Phi) is 7.26. The van der Waals surface area contributed by atoms with Crippen LogP contribution >= 0.6 is 0 Å². The van der Waals surface area contributed by atoms with Crippen molar-refractivity contribution in [1.29, 1.82) is 0 Å². The summed E-state index contributed by atoms with van der Waals surface area (Å²) in [5.41, 5.74) is 5.63.